The zero-order valence-electron chi connectivity index (χ0n) is 9.29. The molecule has 80 valence electrons. The number of hydrogen-bond donors (Lipinski definition) is 0. The first-order chi connectivity index (χ1) is 7.19. The highest BCUT2D eigenvalue weighted by molar-refractivity contribution is 5.93. The zero-order valence-corrected chi connectivity index (χ0v) is 9.29. The van der Waals surface area contributed by atoms with Crippen LogP contribution in [0.15, 0.2) is 0 Å². The fraction of sp³-hybridized carbons (Fsp3) is 0.667. The summed E-state index contributed by atoms with van der Waals surface area (Å²) >= 11 is 0. The molecule has 1 rings (SSSR count). The van der Waals surface area contributed by atoms with E-state index in [-0.39, 0.29) is 11.9 Å². The lowest BCUT2D eigenvalue weighted by Crippen LogP contribution is -2.45. The van der Waals surface area contributed by atoms with Crippen molar-refractivity contribution >= 4 is 5.91 Å². The first kappa shape index (κ1) is 11.6. The Morgan fingerprint density at radius 2 is 2.33 bits per heavy atom. The maximum atomic E-state index is 11.6. The molecule has 1 saturated heterocycles. The van der Waals surface area contributed by atoms with Crippen molar-refractivity contribution in [1.82, 2.24) is 4.90 Å². The molecule has 1 heterocycles. The van der Waals surface area contributed by atoms with E-state index in [1.54, 1.807) is 11.8 Å². The Balaban J connectivity index is 2.71. The van der Waals surface area contributed by atoms with E-state index in [1.165, 1.54) is 0 Å². The Kier molecular flexibility index (Phi) is 4.18. The minimum absolute atomic E-state index is 0.0621. The van der Waals surface area contributed by atoms with Crippen molar-refractivity contribution in [1.29, 1.82) is 5.26 Å². The summed E-state index contributed by atoms with van der Waals surface area (Å²) in [6, 6.07) is 2.20. The molecule has 2 atom stereocenters. The summed E-state index contributed by atoms with van der Waals surface area (Å²) in [6.45, 7) is 4.56. The Labute approximate surface area is 91.1 Å². The summed E-state index contributed by atoms with van der Waals surface area (Å²) in [4.78, 5) is 13.4. The van der Waals surface area contributed by atoms with Crippen molar-refractivity contribution in [2.24, 2.45) is 5.92 Å². The predicted molar refractivity (Wildman–Crippen MR) is 57.6 cm³/mol. The summed E-state index contributed by atoms with van der Waals surface area (Å²) < 4.78 is 0. The summed E-state index contributed by atoms with van der Waals surface area (Å²) in [5.74, 6) is 5.63. The number of nitriles is 1. The molecule has 3 heteroatoms. The van der Waals surface area contributed by atoms with E-state index in [4.69, 9.17) is 5.26 Å². The normalized spacial score (nSPS) is 25.0. The topological polar surface area (TPSA) is 44.1 Å². The smallest absolute Gasteiger partial charge is 0.298 e. The van der Waals surface area contributed by atoms with Crippen LogP contribution in [0.1, 0.15) is 33.1 Å². The number of likely N-dealkylation sites (tertiary alicyclic amines) is 1. The highest BCUT2D eigenvalue weighted by Gasteiger charge is 2.28. The fourth-order valence-electron chi connectivity index (χ4n) is 2.00. The molecule has 1 aliphatic rings. The number of nitrogens with zero attached hydrogens (tertiary/aromatic N) is 2. The van der Waals surface area contributed by atoms with E-state index in [1.807, 2.05) is 0 Å². The molecule has 0 spiro atoms. The van der Waals surface area contributed by atoms with Gasteiger partial charge in [-0.2, -0.15) is 5.26 Å². The lowest BCUT2D eigenvalue weighted by atomic mass is 9.91. The Bertz CT molecular complexity index is 332. The molecule has 0 bridgehead atoms. The lowest BCUT2D eigenvalue weighted by molar-refractivity contribution is -0.129. The SMILES string of the molecule is CC#CC(=O)N1CC[C@H](C)C[C@H]1CC#N. The molecule has 0 radical (unpaired) electrons. The van der Waals surface area contributed by atoms with Crippen LogP contribution in [0.3, 0.4) is 0 Å². The monoisotopic (exact) mass is 204 g/mol. The maximum Gasteiger partial charge on any atom is 0.298 e. The third-order valence-electron chi connectivity index (χ3n) is 2.80. The quantitative estimate of drug-likeness (QED) is 0.608. The average Bonchev–Trinajstić information content (AvgIpc) is 2.18. The predicted octanol–water partition coefficient (Wildman–Crippen LogP) is 1.55. The van der Waals surface area contributed by atoms with Gasteiger partial charge in [0.1, 0.15) is 0 Å². The number of amides is 1. The number of hydrogen-bond acceptors (Lipinski definition) is 2. The molecule has 1 fully saturated rings. The molecule has 15 heavy (non-hydrogen) atoms. The second-order valence-electron chi connectivity index (χ2n) is 4.02. The zero-order chi connectivity index (χ0) is 11.3. The first-order valence-electron chi connectivity index (χ1n) is 5.29. The molecule has 0 aromatic carbocycles. The number of piperidine rings is 1. The lowest BCUT2D eigenvalue weighted by Gasteiger charge is -2.36. The average molecular weight is 204 g/mol. The van der Waals surface area contributed by atoms with Gasteiger partial charge in [-0.05, 0) is 31.6 Å². The van der Waals surface area contributed by atoms with Crippen LogP contribution in [0.2, 0.25) is 0 Å². The summed E-state index contributed by atoms with van der Waals surface area (Å²) in [5.41, 5.74) is 0. The van der Waals surface area contributed by atoms with E-state index in [2.05, 4.69) is 24.8 Å². The van der Waals surface area contributed by atoms with Gasteiger partial charge in [-0.1, -0.05) is 12.8 Å². The third kappa shape index (κ3) is 2.99. The molecule has 1 aliphatic heterocycles. The van der Waals surface area contributed by atoms with Gasteiger partial charge in [0, 0.05) is 12.6 Å². The van der Waals surface area contributed by atoms with Gasteiger partial charge in [-0.25, -0.2) is 0 Å². The van der Waals surface area contributed by atoms with Crippen LogP contribution >= 0.6 is 0 Å². The Morgan fingerprint density at radius 3 is 2.93 bits per heavy atom. The van der Waals surface area contributed by atoms with Gasteiger partial charge >= 0.3 is 0 Å². The molecule has 1 amide bonds. The van der Waals surface area contributed by atoms with Gasteiger partial charge in [0.2, 0.25) is 0 Å². The largest absolute Gasteiger partial charge is 0.328 e. The highest BCUT2D eigenvalue weighted by Crippen LogP contribution is 2.24. The van der Waals surface area contributed by atoms with E-state index in [0.717, 1.165) is 19.4 Å². The van der Waals surface area contributed by atoms with Crippen LogP contribution in [0.5, 0.6) is 0 Å². The molecule has 0 N–H and O–H groups in total. The number of carbonyl (C=O) groups is 1. The first-order valence-corrected chi connectivity index (χ1v) is 5.29. The fourth-order valence-corrected chi connectivity index (χ4v) is 2.00. The van der Waals surface area contributed by atoms with E-state index in [9.17, 15) is 4.79 Å². The van der Waals surface area contributed by atoms with E-state index >= 15 is 0 Å². The van der Waals surface area contributed by atoms with Crippen LogP contribution in [-0.2, 0) is 4.79 Å². The maximum absolute atomic E-state index is 11.6. The summed E-state index contributed by atoms with van der Waals surface area (Å²) in [6.07, 6.45) is 2.35. The van der Waals surface area contributed by atoms with Crippen molar-refractivity contribution in [3.8, 4) is 17.9 Å². The molecule has 0 aromatic rings. The number of carbonyl (C=O) groups excluding carboxylic acids is 1. The third-order valence-corrected chi connectivity index (χ3v) is 2.80. The van der Waals surface area contributed by atoms with Crippen molar-refractivity contribution < 1.29 is 4.79 Å². The molecule has 3 nitrogen and oxygen atoms in total. The molecule has 0 aromatic heterocycles. The van der Waals surface area contributed by atoms with Crippen LogP contribution in [-0.4, -0.2) is 23.4 Å². The molecule has 0 unspecified atom stereocenters. The standard InChI is InChI=1S/C12H16N2O/c1-3-4-12(15)14-8-6-10(2)9-11(14)5-7-13/h10-11H,5-6,8-9H2,1-2H3/t10-,11+/m0/s1. The van der Waals surface area contributed by atoms with Crippen LogP contribution in [0.4, 0.5) is 0 Å². The molecule has 0 aliphatic carbocycles. The van der Waals surface area contributed by atoms with Crippen LogP contribution < -0.4 is 0 Å². The summed E-state index contributed by atoms with van der Waals surface area (Å²) in [5, 5.41) is 8.71. The van der Waals surface area contributed by atoms with Gasteiger partial charge in [0.15, 0.2) is 0 Å². The molecular formula is C12H16N2O. The Morgan fingerprint density at radius 1 is 1.60 bits per heavy atom. The second kappa shape index (κ2) is 5.41. The van der Waals surface area contributed by atoms with Crippen molar-refractivity contribution in [2.45, 2.75) is 39.2 Å². The van der Waals surface area contributed by atoms with E-state index in [0.29, 0.717) is 12.3 Å². The van der Waals surface area contributed by atoms with Crippen LogP contribution in [0, 0.1) is 29.1 Å². The molecular weight excluding hydrogens is 188 g/mol. The highest BCUT2D eigenvalue weighted by atomic mass is 16.2. The van der Waals surface area contributed by atoms with Crippen LogP contribution in [0.25, 0.3) is 0 Å². The summed E-state index contributed by atoms with van der Waals surface area (Å²) in [7, 11) is 0. The minimum atomic E-state index is -0.135. The van der Waals surface area contributed by atoms with Crippen molar-refractivity contribution in [3.05, 3.63) is 0 Å². The van der Waals surface area contributed by atoms with Crippen molar-refractivity contribution in [3.63, 3.8) is 0 Å². The van der Waals surface area contributed by atoms with Crippen molar-refractivity contribution in [2.75, 3.05) is 6.54 Å². The van der Waals surface area contributed by atoms with Gasteiger partial charge in [0.25, 0.3) is 5.91 Å². The van der Waals surface area contributed by atoms with Gasteiger partial charge in [-0.15, -0.1) is 0 Å². The van der Waals surface area contributed by atoms with Gasteiger partial charge < -0.3 is 4.90 Å². The van der Waals surface area contributed by atoms with Gasteiger partial charge in [-0.3, -0.25) is 4.79 Å². The minimum Gasteiger partial charge on any atom is -0.328 e. The second-order valence-corrected chi connectivity index (χ2v) is 4.02. The number of rotatable bonds is 1. The van der Waals surface area contributed by atoms with Gasteiger partial charge in [0.05, 0.1) is 12.5 Å². The van der Waals surface area contributed by atoms with E-state index < -0.39 is 0 Å². The molecule has 0 saturated carbocycles. The Hall–Kier alpha value is -1.48.